The molecule has 0 bridgehead atoms. The lowest BCUT2D eigenvalue weighted by atomic mass is 10.1. The number of hydrogen-bond donors (Lipinski definition) is 3. The van der Waals surface area contributed by atoms with E-state index < -0.39 is 0 Å². The number of carbonyl (C=O) groups is 1. The van der Waals surface area contributed by atoms with Gasteiger partial charge in [0.25, 0.3) is 5.91 Å². The van der Waals surface area contributed by atoms with Gasteiger partial charge in [-0.05, 0) is 29.8 Å². The maximum Gasteiger partial charge on any atom is 0.253 e. The quantitative estimate of drug-likeness (QED) is 0.377. The molecule has 3 N–H and O–H groups in total. The summed E-state index contributed by atoms with van der Waals surface area (Å²) >= 11 is 0. The molecular formula is C24H24N6O3. The van der Waals surface area contributed by atoms with Crippen LogP contribution in [0.15, 0.2) is 77.7 Å². The normalized spacial score (nSPS) is 11.6. The molecule has 0 aliphatic heterocycles. The van der Waals surface area contributed by atoms with E-state index in [4.69, 9.17) is 4.42 Å². The molecule has 4 rings (SSSR count). The van der Waals surface area contributed by atoms with Crippen molar-refractivity contribution in [1.82, 2.24) is 19.9 Å². The van der Waals surface area contributed by atoms with Crippen molar-refractivity contribution in [1.29, 1.82) is 0 Å². The first-order valence-corrected chi connectivity index (χ1v) is 10.3. The number of anilines is 3. The summed E-state index contributed by atoms with van der Waals surface area (Å²) in [6.45, 7) is -0.136. The summed E-state index contributed by atoms with van der Waals surface area (Å²) in [4.78, 5) is 26.8. The smallest absolute Gasteiger partial charge is 0.253 e. The molecule has 2 aromatic heterocycles. The minimum absolute atomic E-state index is 0.0736. The van der Waals surface area contributed by atoms with Crippen molar-refractivity contribution in [3.05, 3.63) is 84.4 Å². The molecule has 0 saturated heterocycles. The Morgan fingerprint density at radius 2 is 1.85 bits per heavy atom. The maximum atomic E-state index is 12.1. The second-order valence-corrected chi connectivity index (χ2v) is 7.49. The zero-order valence-electron chi connectivity index (χ0n) is 18.3. The summed E-state index contributed by atoms with van der Waals surface area (Å²) in [5.74, 6) is 1.08. The first-order chi connectivity index (χ1) is 16.0. The number of rotatable bonds is 8. The molecule has 0 fully saturated rings. The van der Waals surface area contributed by atoms with Crippen molar-refractivity contribution in [3.63, 3.8) is 0 Å². The zero-order chi connectivity index (χ0) is 23.2. The minimum atomic E-state index is -0.390. The van der Waals surface area contributed by atoms with E-state index >= 15 is 0 Å². The van der Waals surface area contributed by atoms with Gasteiger partial charge in [-0.15, -0.1) is 0 Å². The molecule has 0 aliphatic rings. The molecule has 2 heterocycles. The molecular weight excluding hydrogens is 420 g/mol. The number of aromatic nitrogens is 3. The van der Waals surface area contributed by atoms with Crippen molar-refractivity contribution in [2.45, 2.75) is 6.04 Å². The Labute approximate surface area is 191 Å². The van der Waals surface area contributed by atoms with Gasteiger partial charge in [-0.1, -0.05) is 30.3 Å². The van der Waals surface area contributed by atoms with Gasteiger partial charge in [-0.3, -0.25) is 4.79 Å². The predicted octanol–water partition coefficient (Wildman–Crippen LogP) is 3.72. The molecule has 0 unspecified atom stereocenters. The van der Waals surface area contributed by atoms with Gasteiger partial charge in [0.2, 0.25) is 11.8 Å². The fourth-order valence-electron chi connectivity index (χ4n) is 3.23. The van der Waals surface area contributed by atoms with E-state index in [0.717, 1.165) is 11.3 Å². The van der Waals surface area contributed by atoms with Crippen molar-refractivity contribution < 1.29 is 14.3 Å². The molecule has 33 heavy (non-hydrogen) atoms. The van der Waals surface area contributed by atoms with E-state index in [2.05, 4.69) is 25.6 Å². The maximum absolute atomic E-state index is 12.1. The van der Waals surface area contributed by atoms with Gasteiger partial charge in [0.15, 0.2) is 0 Å². The predicted molar refractivity (Wildman–Crippen MR) is 125 cm³/mol. The number of oxazole rings is 1. The first-order valence-electron chi connectivity index (χ1n) is 10.3. The van der Waals surface area contributed by atoms with Crippen LogP contribution in [-0.4, -0.2) is 51.6 Å². The van der Waals surface area contributed by atoms with E-state index in [0.29, 0.717) is 28.8 Å². The Bertz CT molecular complexity index is 1190. The number of hydrogen-bond acceptors (Lipinski definition) is 8. The second-order valence-electron chi connectivity index (χ2n) is 7.49. The van der Waals surface area contributed by atoms with Gasteiger partial charge in [0.05, 0.1) is 24.4 Å². The summed E-state index contributed by atoms with van der Waals surface area (Å²) in [6, 6.07) is 16.2. The molecule has 4 aromatic rings. The van der Waals surface area contributed by atoms with Crippen LogP contribution in [0.1, 0.15) is 22.0 Å². The van der Waals surface area contributed by atoms with Crippen LogP contribution in [0.3, 0.4) is 0 Å². The molecule has 9 nitrogen and oxygen atoms in total. The molecule has 0 spiro atoms. The monoisotopic (exact) mass is 444 g/mol. The molecule has 9 heteroatoms. The van der Waals surface area contributed by atoms with Gasteiger partial charge < -0.3 is 25.1 Å². The molecule has 0 aliphatic carbocycles. The minimum Gasteiger partial charge on any atom is -0.444 e. The average Bonchev–Trinajstić information content (AvgIpc) is 3.38. The standard InChI is InChI=1S/C24H24N6O3/c1-30(2)23(32)17-8-10-18(11-9-17)27-24-26-14-19(22-25-12-13-33-22)21(29-24)28-20(15-31)16-6-4-3-5-7-16/h3-14,20,31H,15H2,1-2H3,(H2,26,27,28,29)/t20-/m1/s1. The third kappa shape index (κ3) is 5.16. The van der Waals surface area contributed by atoms with Gasteiger partial charge in [0, 0.05) is 31.5 Å². The molecule has 1 amide bonds. The molecule has 1 atom stereocenters. The lowest BCUT2D eigenvalue weighted by molar-refractivity contribution is 0.0827. The van der Waals surface area contributed by atoms with Crippen molar-refractivity contribution in [2.24, 2.45) is 0 Å². The Balaban J connectivity index is 1.62. The Morgan fingerprint density at radius 1 is 1.09 bits per heavy atom. The van der Waals surface area contributed by atoms with Crippen LogP contribution in [0, 0.1) is 0 Å². The van der Waals surface area contributed by atoms with Crippen LogP contribution in [-0.2, 0) is 0 Å². The highest BCUT2D eigenvalue weighted by Crippen LogP contribution is 2.29. The SMILES string of the molecule is CN(C)C(=O)c1ccc(Nc2ncc(-c3ncco3)c(N[C@H](CO)c3ccccc3)n2)cc1. The van der Waals surface area contributed by atoms with E-state index in [-0.39, 0.29) is 18.6 Å². The number of carbonyl (C=O) groups excluding carboxylic acids is 1. The van der Waals surface area contributed by atoms with Crippen molar-refractivity contribution >= 4 is 23.4 Å². The van der Waals surface area contributed by atoms with E-state index in [1.807, 2.05) is 30.3 Å². The number of amides is 1. The van der Waals surface area contributed by atoms with Crippen LogP contribution in [0.2, 0.25) is 0 Å². The highest BCUT2D eigenvalue weighted by molar-refractivity contribution is 5.94. The number of nitrogens with zero attached hydrogens (tertiary/aromatic N) is 4. The Morgan fingerprint density at radius 3 is 2.48 bits per heavy atom. The van der Waals surface area contributed by atoms with Crippen molar-refractivity contribution in [3.8, 4) is 11.5 Å². The van der Waals surface area contributed by atoms with Gasteiger partial charge in [-0.25, -0.2) is 9.97 Å². The largest absolute Gasteiger partial charge is 0.444 e. The second kappa shape index (κ2) is 9.92. The average molecular weight is 444 g/mol. The summed E-state index contributed by atoms with van der Waals surface area (Å²) in [6.07, 6.45) is 4.62. The molecule has 2 aromatic carbocycles. The number of aliphatic hydroxyl groups excluding tert-OH is 1. The highest BCUT2D eigenvalue weighted by atomic mass is 16.3. The fourth-order valence-corrected chi connectivity index (χ4v) is 3.23. The van der Waals surface area contributed by atoms with Gasteiger partial charge in [-0.2, -0.15) is 4.98 Å². The Hall–Kier alpha value is -4.24. The van der Waals surface area contributed by atoms with E-state index in [9.17, 15) is 9.90 Å². The van der Waals surface area contributed by atoms with Gasteiger partial charge >= 0.3 is 0 Å². The van der Waals surface area contributed by atoms with E-state index in [1.54, 1.807) is 50.8 Å². The zero-order valence-corrected chi connectivity index (χ0v) is 18.3. The number of nitrogens with one attached hydrogen (secondary N) is 2. The lowest BCUT2D eigenvalue weighted by Crippen LogP contribution is -2.21. The third-order valence-electron chi connectivity index (χ3n) is 4.94. The Kier molecular flexibility index (Phi) is 6.61. The van der Waals surface area contributed by atoms with Crippen LogP contribution in [0.25, 0.3) is 11.5 Å². The van der Waals surface area contributed by atoms with Crippen molar-refractivity contribution in [2.75, 3.05) is 31.3 Å². The van der Waals surface area contributed by atoms with Crippen LogP contribution in [0.5, 0.6) is 0 Å². The molecule has 168 valence electrons. The summed E-state index contributed by atoms with van der Waals surface area (Å²) < 4.78 is 5.44. The van der Waals surface area contributed by atoms with Crippen LogP contribution >= 0.6 is 0 Å². The summed E-state index contributed by atoms with van der Waals surface area (Å²) in [7, 11) is 3.42. The van der Waals surface area contributed by atoms with Crippen LogP contribution < -0.4 is 10.6 Å². The lowest BCUT2D eigenvalue weighted by Gasteiger charge is -2.19. The highest BCUT2D eigenvalue weighted by Gasteiger charge is 2.18. The topological polar surface area (TPSA) is 116 Å². The third-order valence-corrected chi connectivity index (χ3v) is 4.94. The first kappa shape index (κ1) is 22.0. The number of benzene rings is 2. The van der Waals surface area contributed by atoms with Crippen LogP contribution in [0.4, 0.5) is 17.5 Å². The number of aliphatic hydroxyl groups is 1. The van der Waals surface area contributed by atoms with E-state index in [1.165, 1.54) is 11.2 Å². The summed E-state index contributed by atoms with van der Waals surface area (Å²) in [5.41, 5.74) is 2.78. The van der Waals surface area contributed by atoms with Gasteiger partial charge in [0.1, 0.15) is 12.1 Å². The summed E-state index contributed by atoms with van der Waals surface area (Å²) in [5, 5.41) is 16.4. The molecule has 0 saturated carbocycles. The fraction of sp³-hybridized carbons (Fsp3) is 0.167. The molecule has 0 radical (unpaired) electrons.